The van der Waals surface area contributed by atoms with Crippen LogP contribution in [-0.2, 0) is 6.42 Å². The van der Waals surface area contributed by atoms with E-state index in [-0.39, 0.29) is 11.8 Å². The van der Waals surface area contributed by atoms with E-state index < -0.39 is 0 Å². The highest BCUT2D eigenvalue weighted by Gasteiger charge is 2.23. The molecule has 0 saturated heterocycles. The van der Waals surface area contributed by atoms with E-state index in [4.69, 9.17) is 0 Å². The molecule has 0 unspecified atom stereocenters. The van der Waals surface area contributed by atoms with Crippen LogP contribution in [0.4, 0.5) is 0 Å². The van der Waals surface area contributed by atoms with Gasteiger partial charge in [-0.05, 0) is 36.1 Å². The van der Waals surface area contributed by atoms with Crippen molar-refractivity contribution in [3.63, 3.8) is 0 Å². The molecule has 0 bridgehead atoms. The first-order valence-electron chi connectivity index (χ1n) is 9.67. The van der Waals surface area contributed by atoms with Crippen LogP contribution in [0.1, 0.15) is 33.1 Å². The zero-order chi connectivity index (χ0) is 19.3. The summed E-state index contributed by atoms with van der Waals surface area (Å²) in [7, 11) is 0. The van der Waals surface area contributed by atoms with Gasteiger partial charge in [0.2, 0.25) is 0 Å². The third-order valence-electron chi connectivity index (χ3n) is 5.25. The topological polar surface area (TPSA) is 44.9 Å². The molecule has 28 heavy (non-hydrogen) atoms. The third-order valence-corrected chi connectivity index (χ3v) is 5.25. The van der Waals surface area contributed by atoms with Gasteiger partial charge in [0, 0.05) is 29.2 Å². The van der Waals surface area contributed by atoms with E-state index in [1.165, 1.54) is 11.1 Å². The molecule has 0 saturated carbocycles. The zero-order valence-corrected chi connectivity index (χ0v) is 16.0. The van der Waals surface area contributed by atoms with Crippen molar-refractivity contribution in [2.24, 2.45) is 0 Å². The van der Waals surface area contributed by atoms with Crippen molar-refractivity contribution in [2.45, 2.75) is 19.4 Å². The number of fused-ring (bicyclic) bond motifs is 1. The maximum absolute atomic E-state index is 13.4. The zero-order valence-electron chi connectivity index (χ0n) is 16.0. The smallest absolute Gasteiger partial charge is 0.186 e. The summed E-state index contributed by atoms with van der Waals surface area (Å²) in [4.78, 5) is 16.7. The molecule has 1 heterocycles. The lowest BCUT2D eigenvalue weighted by Gasteiger charge is -2.18. The molecular weight excluding hydrogens is 344 g/mol. The molecule has 3 heteroatoms. The summed E-state index contributed by atoms with van der Waals surface area (Å²) in [6.07, 6.45) is 2.71. The lowest BCUT2D eigenvalue weighted by molar-refractivity contribution is 0.0945. The Balaban J connectivity index is 1.59. The fourth-order valence-electron chi connectivity index (χ4n) is 3.68. The van der Waals surface area contributed by atoms with Gasteiger partial charge in [-0.15, -0.1) is 0 Å². The highest BCUT2D eigenvalue weighted by atomic mass is 16.1. The Labute approximate surface area is 165 Å². The number of carbonyl (C=O) groups excluding carboxylic acids is 1. The molecule has 0 amide bonds. The first-order chi connectivity index (χ1) is 13.7. The van der Waals surface area contributed by atoms with Crippen molar-refractivity contribution in [1.29, 1.82) is 0 Å². The second-order valence-electron chi connectivity index (χ2n) is 7.09. The molecule has 2 N–H and O–H groups in total. The molecule has 140 valence electrons. The Morgan fingerprint density at radius 1 is 0.929 bits per heavy atom. The predicted octanol–water partition coefficient (Wildman–Crippen LogP) is 5.23. The number of nitrogens with one attached hydrogen (secondary N) is 2. The van der Waals surface area contributed by atoms with E-state index in [9.17, 15) is 4.79 Å². The monoisotopic (exact) mass is 368 g/mol. The van der Waals surface area contributed by atoms with Crippen LogP contribution in [0.15, 0.2) is 85.1 Å². The van der Waals surface area contributed by atoms with Crippen molar-refractivity contribution < 1.29 is 4.79 Å². The van der Waals surface area contributed by atoms with E-state index in [2.05, 4.69) is 41.5 Å². The Bertz CT molecular complexity index is 1080. The number of benzene rings is 3. The van der Waals surface area contributed by atoms with Gasteiger partial charge in [-0.3, -0.25) is 4.79 Å². The van der Waals surface area contributed by atoms with Gasteiger partial charge in [0.1, 0.15) is 0 Å². The van der Waals surface area contributed by atoms with Gasteiger partial charge in [0.05, 0.1) is 6.04 Å². The Kier molecular flexibility index (Phi) is 5.36. The molecular formula is C25H24N2O. The normalized spacial score (nSPS) is 12.2. The first-order valence-corrected chi connectivity index (χ1v) is 9.67. The number of rotatable bonds is 7. The van der Waals surface area contributed by atoms with Crippen LogP contribution < -0.4 is 5.32 Å². The second kappa shape index (κ2) is 8.24. The highest BCUT2D eigenvalue weighted by Crippen LogP contribution is 2.24. The molecule has 0 fully saturated rings. The molecule has 0 spiro atoms. The van der Waals surface area contributed by atoms with Gasteiger partial charge >= 0.3 is 0 Å². The first kappa shape index (κ1) is 18.2. The maximum atomic E-state index is 13.4. The molecule has 3 aromatic carbocycles. The molecule has 0 aliphatic rings. The van der Waals surface area contributed by atoms with Crippen molar-refractivity contribution in [2.75, 3.05) is 6.54 Å². The van der Waals surface area contributed by atoms with Crippen LogP contribution in [0.3, 0.4) is 0 Å². The fraction of sp³-hybridized carbons (Fsp3) is 0.160. The van der Waals surface area contributed by atoms with Crippen LogP contribution in [0, 0.1) is 6.92 Å². The summed E-state index contributed by atoms with van der Waals surface area (Å²) in [5, 5.41) is 4.47. The van der Waals surface area contributed by atoms with E-state index in [0.29, 0.717) is 0 Å². The minimum absolute atomic E-state index is 0.0911. The summed E-state index contributed by atoms with van der Waals surface area (Å²) < 4.78 is 0. The highest BCUT2D eigenvalue weighted by molar-refractivity contribution is 6.10. The molecule has 0 aliphatic carbocycles. The standard InChI is InChI=1S/C25H24N2O/c1-18-9-5-6-10-19(18)15-16-26-24(20-11-3-2-4-12-20)25(28)22-17-27-23-14-8-7-13-21(22)23/h2-14,17,24,26-27H,15-16H2,1H3/t24-/m0/s1. The van der Waals surface area contributed by atoms with Crippen LogP contribution in [0.25, 0.3) is 10.9 Å². The SMILES string of the molecule is Cc1ccccc1CCN[C@H](C(=O)c1c[nH]c2ccccc12)c1ccccc1. The third kappa shape index (κ3) is 3.75. The average Bonchev–Trinajstić information content (AvgIpc) is 3.17. The summed E-state index contributed by atoms with van der Waals surface area (Å²) >= 11 is 0. The Morgan fingerprint density at radius 2 is 1.64 bits per heavy atom. The van der Waals surface area contributed by atoms with Crippen LogP contribution in [0.2, 0.25) is 0 Å². The number of hydrogen-bond acceptors (Lipinski definition) is 2. The van der Waals surface area contributed by atoms with E-state index in [1.54, 1.807) is 0 Å². The minimum atomic E-state index is -0.371. The fourth-order valence-corrected chi connectivity index (χ4v) is 3.68. The van der Waals surface area contributed by atoms with E-state index >= 15 is 0 Å². The van der Waals surface area contributed by atoms with Gasteiger partial charge in [-0.1, -0.05) is 72.8 Å². The number of aryl methyl sites for hydroxylation is 1. The number of aromatic amines is 1. The summed E-state index contributed by atoms with van der Waals surface area (Å²) in [5.74, 6) is 0.0911. The van der Waals surface area contributed by atoms with Crippen LogP contribution in [0.5, 0.6) is 0 Å². The molecule has 0 aliphatic heterocycles. The molecule has 4 aromatic rings. The summed E-state index contributed by atoms with van der Waals surface area (Å²) in [6.45, 7) is 2.86. The molecule has 1 aromatic heterocycles. The van der Waals surface area contributed by atoms with Crippen molar-refractivity contribution in [3.05, 3.63) is 107 Å². The number of H-pyrrole nitrogens is 1. The van der Waals surface area contributed by atoms with Gasteiger partial charge in [0.15, 0.2) is 5.78 Å². The number of carbonyl (C=O) groups is 1. The van der Waals surface area contributed by atoms with Crippen molar-refractivity contribution >= 4 is 16.7 Å². The molecule has 0 radical (unpaired) electrons. The van der Waals surface area contributed by atoms with Gasteiger partial charge in [-0.25, -0.2) is 0 Å². The number of para-hydroxylation sites is 1. The number of ketones is 1. The molecule has 1 atom stereocenters. The summed E-state index contributed by atoms with van der Waals surface area (Å²) in [6, 6.07) is 25.9. The van der Waals surface area contributed by atoms with Crippen LogP contribution >= 0.6 is 0 Å². The van der Waals surface area contributed by atoms with E-state index in [0.717, 1.165) is 35.0 Å². The quantitative estimate of drug-likeness (QED) is 0.439. The minimum Gasteiger partial charge on any atom is -0.360 e. The van der Waals surface area contributed by atoms with Gasteiger partial charge < -0.3 is 10.3 Å². The van der Waals surface area contributed by atoms with Crippen molar-refractivity contribution in [3.8, 4) is 0 Å². The van der Waals surface area contributed by atoms with Crippen LogP contribution in [-0.4, -0.2) is 17.3 Å². The lowest BCUT2D eigenvalue weighted by Crippen LogP contribution is -2.30. The largest absolute Gasteiger partial charge is 0.360 e. The Hall–Kier alpha value is -3.17. The predicted molar refractivity (Wildman–Crippen MR) is 115 cm³/mol. The number of Topliss-reactive ketones (excluding diaryl/α,β-unsaturated/α-hetero) is 1. The Morgan fingerprint density at radius 3 is 2.46 bits per heavy atom. The number of aromatic nitrogens is 1. The average molecular weight is 368 g/mol. The summed E-state index contributed by atoms with van der Waals surface area (Å²) in [5.41, 5.74) is 5.29. The van der Waals surface area contributed by atoms with Gasteiger partial charge in [-0.2, -0.15) is 0 Å². The lowest BCUT2D eigenvalue weighted by atomic mass is 9.96. The van der Waals surface area contributed by atoms with Crippen molar-refractivity contribution in [1.82, 2.24) is 10.3 Å². The molecule has 3 nitrogen and oxygen atoms in total. The number of hydrogen-bond donors (Lipinski definition) is 2. The second-order valence-corrected chi connectivity index (χ2v) is 7.09. The maximum Gasteiger partial charge on any atom is 0.186 e. The van der Waals surface area contributed by atoms with Gasteiger partial charge in [0.25, 0.3) is 0 Å². The van der Waals surface area contributed by atoms with E-state index in [1.807, 2.05) is 60.8 Å². The molecule has 4 rings (SSSR count).